The molecule has 0 unspecified atom stereocenters. The van der Waals surface area contributed by atoms with E-state index in [1.807, 2.05) is 0 Å². The van der Waals surface area contributed by atoms with Gasteiger partial charge < -0.3 is 0 Å². The van der Waals surface area contributed by atoms with Crippen molar-refractivity contribution in [1.29, 1.82) is 0 Å². The maximum atomic E-state index is 11.3. The molecule has 0 aromatic heterocycles. The third-order valence-electron chi connectivity index (χ3n) is 2.04. The standard InChI is InChI=1S/C11H9Cl2O/c1-4-11(2,3)9-7(12)5-6-8(14)10(9)13/h1,5-6H,2-3H3. The number of benzene rings is 1. The molecule has 14 heavy (non-hydrogen) atoms. The van der Waals surface area contributed by atoms with Crippen molar-refractivity contribution in [2.24, 2.45) is 0 Å². The van der Waals surface area contributed by atoms with Crippen molar-refractivity contribution in [2.45, 2.75) is 19.3 Å². The van der Waals surface area contributed by atoms with Crippen LogP contribution in [0, 0.1) is 12.3 Å². The molecule has 0 aliphatic carbocycles. The monoisotopic (exact) mass is 227 g/mol. The van der Waals surface area contributed by atoms with Crippen LogP contribution in [0.4, 0.5) is 0 Å². The van der Waals surface area contributed by atoms with Gasteiger partial charge in [-0.05, 0) is 26.0 Å². The second-order valence-electron chi connectivity index (χ2n) is 3.50. The van der Waals surface area contributed by atoms with Gasteiger partial charge in [0.25, 0.3) is 0 Å². The summed E-state index contributed by atoms with van der Waals surface area (Å²) < 4.78 is 0. The minimum Gasteiger partial charge on any atom is -0.288 e. The Morgan fingerprint density at radius 2 is 1.93 bits per heavy atom. The SMILES string of the molecule is C#CC(C)(C)c1c(Cl)ccc([O])c1Cl. The fraction of sp³-hybridized carbons (Fsp3) is 0.273. The Kier molecular flexibility index (Phi) is 2.99. The minimum atomic E-state index is -0.630. The lowest BCUT2D eigenvalue weighted by Gasteiger charge is -2.20. The van der Waals surface area contributed by atoms with Gasteiger partial charge in [-0.1, -0.05) is 29.1 Å². The van der Waals surface area contributed by atoms with Crippen molar-refractivity contribution in [3.05, 3.63) is 27.7 Å². The first-order valence-electron chi connectivity index (χ1n) is 4.03. The Morgan fingerprint density at radius 3 is 2.43 bits per heavy atom. The molecule has 0 saturated heterocycles. The number of rotatable bonds is 1. The lowest BCUT2D eigenvalue weighted by Crippen LogP contribution is -2.15. The van der Waals surface area contributed by atoms with E-state index in [2.05, 4.69) is 5.92 Å². The fourth-order valence-corrected chi connectivity index (χ4v) is 2.02. The van der Waals surface area contributed by atoms with Crippen molar-refractivity contribution < 1.29 is 5.11 Å². The van der Waals surface area contributed by atoms with Gasteiger partial charge >= 0.3 is 0 Å². The first-order valence-corrected chi connectivity index (χ1v) is 4.79. The molecular formula is C11H9Cl2O. The molecular weight excluding hydrogens is 219 g/mol. The van der Waals surface area contributed by atoms with Crippen molar-refractivity contribution in [1.82, 2.24) is 0 Å². The highest BCUT2D eigenvalue weighted by molar-refractivity contribution is 6.37. The zero-order valence-electron chi connectivity index (χ0n) is 7.90. The summed E-state index contributed by atoms with van der Waals surface area (Å²) in [6.45, 7) is 3.58. The molecule has 0 N–H and O–H groups in total. The molecule has 0 heterocycles. The summed E-state index contributed by atoms with van der Waals surface area (Å²) >= 11 is 11.8. The van der Waals surface area contributed by atoms with Gasteiger partial charge in [0.05, 0.1) is 10.4 Å². The van der Waals surface area contributed by atoms with Gasteiger partial charge in [0.15, 0.2) is 5.75 Å². The van der Waals surface area contributed by atoms with Gasteiger partial charge in [0, 0.05) is 10.6 Å². The van der Waals surface area contributed by atoms with Crippen LogP contribution >= 0.6 is 23.2 Å². The quantitative estimate of drug-likeness (QED) is 0.646. The van der Waals surface area contributed by atoms with Crippen LogP contribution in [0.15, 0.2) is 12.1 Å². The molecule has 0 fully saturated rings. The van der Waals surface area contributed by atoms with Gasteiger partial charge in [0.2, 0.25) is 0 Å². The Balaban J connectivity index is 3.49. The van der Waals surface area contributed by atoms with Crippen LogP contribution in [0.3, 0.4) is 0 Å². The summed E-state index contributed by atoms with van der Waals surface area (Å²) in [5.74, 6) is 2.30. The molecule has 0 bridgehead atoms. The van der Waals surface area contributed by atoms with E-state index in [0.29, 0.717) is 10.6 Å². The zero-order chi connectivity index (χ0) is 10.9. The number of halogens is 2. The van der Waals surface area contributed by atoms with E-state index in [1.165, 1.54) is 12.1 Å². The Labute approximate surface area is 93.7 Å². The normalized spacial score (nSPS) is 11.1. The molecule has 0 spiro atoms. The summed E-state index contributed by atoms with van der Waals surface area (Å²) in [5, 5.41) is 11.8. The van der Waals surface area contributed by atoms with Crippen LogP contribution in [-0.4, -0.2) is 0 Å². The van der Waals surface area contributed by atoms with Crippen molar-refractivity contribution in [3.63, 3.8) is 0 Å². The molecule has 0 aliphatic heterocycles. The Morgan fingerprint density at radius 1 is 1.36 bits per heavy atom. The second kappa shape index (κ2) is 3.73. The summed E-state index contributed by atoms with van der Waals surface area (Å²) in [5.41, 5.74) is -0.106. The number of hydrogen-bond donors (Lipinski definition) is 0. The van der Waals surface area contributed by atoms with Gasteiger partial charge in [-0.3, -0.25) is 5.11 Å². The lowest BCUT2D eigenvalue weighted by molar-refractivity contribution is 0.354. The smallest absolute Gasteiger partial charge is 0.197 e. The molecule has 0 atom stereocenters. The van der Waals surface area contributed by atoms with E-state index < -0.39 is 5.41 Å². The van der Waals surface area contributed by atoms with Crippen LogP contribution in [0.2, 0.25) is 10.0 Å². The predicted octanol–water partition coefficient (Wildman–Crippen LogP) is 4.05. The van der Waals surface area contributed by atoms with Gasteiger partial charge in [0.1, 0.15) is 0 Å². The van der Waals surface area contributed by atoms with E-state index >= 15 is 0 Å². The molecule has 0 saturated carbocycles. The molecule has 3 heteroatoms. The van der Waals surface area contributed by atoms with Gasteiger partial charge in [-0.25, -0.2) is 0 Å². The predicted molar refractivity (Wildman–Crippen MR) is 58.5 cm³/mol. The van der Waals surface area contributed by atoms with E-state index in [0.717, 1.165) is 0 Å². The van der Waals surface area contributed by atoms with Gasteiger partial charge in [-0.15, -0.1) is 6.42 Å². The third-order valence-corrected chi connectivity index (χ3v) is 2.73. The van der Waals surface area contributed by atoms with Crippen LogP contribution in [0.25, 0.3) is 0 Å². The number of hydrogen-bond acceptors (Lipinski definition) is 0. The van der Waals surface area contributed by atoms with E-state index in [9.17, 15) is 5.11 Å². The first-order chi connectivity index (χ1) is 6.40. The summed E-state index contributed by atoms with van der Waals surface area (Å²) in [6, 6.07) is 2.85. The lowest BCUT2D eigenvalue weighted by atomic mass is 9.85. The second-order valence-corrected chi connectivity index (χ2v) is 4.29. The summed E-state index contributed by atoms with van der Waals surface area (Å²) in [4.78, 5) is 0. The molecule has 73 valence electrons. The Hall–Kier alpha value is -0.840. The van der Waals surface area contributed by atoms with Crippen LogP contribution in [0.5, 0.6) is 5.75 Å². The summed E-state index contributed by atoms with van der Waals surface area (Å²) in [7, 11) is 0. The van der Waals surface area contributed by atoms with Crippen molar-refractivity contribution >= 4 is 23.2 Å². The molecule has 0 amide bonds. The molecule has 1 rings (SSSR count). The maximum Gasteiger partial charge on any atom is 0.197 e. The minimum absolute atomic E-state index is 0.112. The first kappa shape index (κ1) is 11.2. The van der Waals surface area contributed by atoms with Crippen molar-refractivity contribution in [3.8, 4) is 18.1 Å². The summed E-state index contributed by atoms with van der Waals surface area (Å²) in [6.07, 6.45) is 5.36. The molecule has 1 radical (unpaired) electrons. The molecule has 1 nitrogen and oxygen atoms in total. The molecule has 1 aromatic carbocycles. The van der Waals surface area contributed by atoms with E-state index in [4.69, 9.17) is 29.6 Å². The highest BCUT2D eigenvalue weighted by Gasteiger charge is 2.25. The maximum absolute atomic E-state index is 11.3. The third kappa shape index (κ3) is 1.82. The molecule has 0 aliphatic rings. The topological polar surface area (TPSA) is 19.9 Å². The fourth-order valence-electron chi connectivity index (χ4n) is 1.18. The van der Waals surface area contributed by atoms with Crippen LogP contribution < -0.4 is 0 Å². The zero-order valence-corrected chi connectivity index (χ0v) is 9.41. The van der Waals surface area contributed by atoms with E-state index in [-0.39, 0.29) is 10.8 Å². The van der Waals surface area contributed by atoms with Gasteiger partial charge in [-0.2, -0.15) is 0 Å². The van der Waals surface area contributed by atoms with Crippen molar-refractivity contribution in [2.75, 3.05) is 0 Å². The number of terminal acetylenes is 1. The highest BCUT2D eigenvalue weighted by atomic mass is 35.5. The van der Waals surface area contributed by atoms with E-state index in [1.54, 1.807) is 13.8 Å². The average molecular weight is 228 g/mol. The van der Waals surface area contributed by atoms with Crippen LogP contribution in [-0.2, 0) is 10.5 Å². The highest BCUT2D eigenvalue weighted by Crippen LogP contribution is 2.40. The van der Waals surface area contributed by atoms with Crippen LogP contribution in [0.1, 0.15) is 19.4 Å². The average Bonchev–Trinajstić information content (AvgIpc) is 2.12. The Bertz CT molecular complexity index is 402. The largest absolute Gasteiger partial charge is 0.288 e. The molecule has 1 aromatic rings.